The molecule has 0 spiro atoms. The van der Waals surface area contributed by atoms with Gasteiger partial charge in [-0.3, -0.25) is 0 Å². The van der Waals surface area contributed by atoms with Crippen LogP contribution in [0, 0.1) is 0 Å². The van der Waals surface area contributed by atoms with Crippen molar-refractivity contribution in [1.82, 2.24) is 24.9 Å². The van der Waals surface area contributed by atoms with Crippen molar-refractivity contribution >= 4 is 21.8 Å². The molecule has 0 amide bonds. The molecule has 1 N–H and O–H groups in total. The Morgan fingerprint density at radius 2 is 2.27 bits per heavy atom. The lowest BCUT2D eigenvalue weighted by Crippen LogP contribution is -2.27. The fraction of sp³-hybridized carbons (Fsp3) is 0.833. The first-order valence-electron chi connectivity index (χ1n) is 4.37. The number of tetrazole rings is 1. The number of sulfonamides is 1. The molecule has 1 rings (SSSR count). The zero-order valence-electron chi connectivity index (χ0n) is 8.54. The number of rotatable bonds is 6. The summed E-state index contributed by atoms with van der Waals surface area (Å²) in [6, 6.07) is 0. The number of hydrogen-bond acceptors (Lipinski definition) is 6. The summed E-state index contributed by atoms with van der Waals surface area (Å²) in [6.07, 6.45) is 0. The molecule has 0 aliphatic carbocycles. The van der Waals surface area contributed by atoms with Crippen LogP contribution in [-0.2, 0) is 17.1 Å². The van der Waals surface area contributed by atoms with Gasteiger partial charge in [0.15, 0.2) is 0 Å². The minimum Gasteiger partial charge on any atom is -0.224 e. The standard InChI is InChI=1S/C6H13N5O2S2/c1-3-15(12,13)7-4-5-14-6-8-9-10-11(6)2/h7H,3-5H2,1-2H3. The third kappa shape index (κ3) is 4.14. The zero-order valence-corrected chi connectivity index (χ0v) is 10.2. The number of nitrogens with one attached hydrogen (secondary N) is 1. The molecule has 0 saturated heterocycles. The van der Waals surface area contributed by atoms with E-state index in [9.17, 15) is 8.42 Å². The summed E-state index contributed by atoms with van der Waals surface area (Å²) in [4.78, 5) is 0. The van der Waals surface area contributed by atoms with Gasteiger partial charge < -0.3 is 0 Å². The van der Waals surface area contributed by atoms with Crippen LogP contribution >= 0.6 is 11.8 Å². The third-order valence-corrected chi connectivity index (χ3v) is 4.03. The Labute approximate surface area is 92.7 Å². The second-order valence-corrected chi connectivity index (χ2v) is 5.89. The molecule has 86 valence electrons. The smallest absolute Gasteiger partial charge is 0.211 e. The lowest BCUT2D eigenvalue weighted by molar-refractivity contribution is 0.585. The minimum atomic E-state index is -3.09. The van der Waals surface area contributed by atoms with Crippen molar-refractivity contribution in [3.05, 3.63) is 0 Å². The highest BCUT2D eigenvalue weighted by Gasteiger charge is 2.06. The molecular formula is C6H13N5O2S2. The maximum atomic E-state index is 11.1. The Balaban J connectivity index is 2.26. The molecule has 1 aromatic rings. The summed E-state index contributed by atoms with van der Waals surface area (Å²) in [5.41, 5.74) is 0. The van der Waals surface area contributed by atoms with E-state index in [1.165, 1.54) is 11.8 Å². The first-order chi connectivity index (χ1) is 7.05. The molecule has 7 nitrogen and oxygen atoms in total. The highest BCUT2D eigenvalue weighted by atomic mass is 32.2. The molecule has 0 saturated carbocycles. The molecule has 1 heterocycles. The Morgan fingerprint density at radius 3 is 2.80 bits per heavy atom. The highest BCUT2D eigenvalue weighted by Crippen LogP contribution is 2.10. The van der Waals surface area contributed by atoms with E-state index in [2.05, 4.69) is 20.2 Å². The molecule has 15 heavy (non-hydrogen) atoms. The van der Waals surface area contributed by atoms with Gasteiger partial charge in [-0.1, -0.05) is 11.8 Å². The average Bonchev–Trinajstić information content (AvgIpc) is 2.59. The van der Waals surface area contributed by atoms with E-state index in [-0.39, 0.29) is 5.75 Å². The zero-order chi connectivity index (χ0) is 11.3. The molecule has 0 aliphatic rings. The summed E-state index contributed by atoms with van der Waals surface area (Å²) in [5, 5.41) is 11.6. The van der Waals surface area contributed by atoms with Gasteiger partial charge in [-0.15, -0.1) is 5.10 Å². The number of thioether (sulfide) groups is 1. The lowest BCUT2D eigenvalue weighted by Gasteiger charge is -2.02. The SMILES string of the molecule is CCS(=O)(=O)NCCSc1nnnn1C. The largest absolute Gasteiger partial charge is 0.224 e. The monoisotopic (exact) mass is 251 g/mol. The van der Waals surface area contributed by atoms with Crippen molar-refractivity contribution in [3.8, 4) is 0 Å². The van der Waals surface area contributed by atoms with E-state index >= 15 is 0 Å². The molecule has 0 aliphatic heterocycles. The van der Waals surface area contributed by atoms with Gasteiger partial charge in [0.2, 0.25) is 15.2 Å². The molecular weight excluding hydrogens is 238 g/mol. The molecule has 1 aromatic heterocycles. The van der Waals surface area contributed by atoms with Crippen LogP contribution in [0.5, 0.6) is 0 Å². The van der Waals surface area contributed by atoms with E-state index in [0.29, 0.717) is 17.5 Å². The minimum absolute atomic E-state index is 0.100. The third-order valence-electron chi connectivity index (χ3n) is 1.62. The predicted octanol–water partition coefficient (Wildman–Crippen LogP) is -0.758. The van der Waals surface area contributed by atoms with Crippen LogP contribution in [-0.4, -0.2) is 46.7 Å². The van der Waals surface area contributed by atoms with Crippen molar-refractivity contribution in [3.63, 3.8) is 0 Å². The molecule has 0 fully saturated rings. The Kier molecular flexibility index (Phi) is 4.48. The van der Waals surface area contributed by atoms with Gasteiger partial charge in [0, 0.05) is 19.3 Å². The van der Waals surface area contributed by atoms with Crippen LogP contribution in [0.15, 0.2) is 5.16 Å². The van der Waals surface area contributed by atoms with Gasteiger partial charge in [-0.05, 0) is 17.4 Å². The second-order valence-electron chi connectivity index (χ2n) is 2.73. The molecule has 9 heteroatoms. The fourth-order valence-electron chi connectivity index (χ4n) is 0.785. The predicted molar refractivity (Wildman–Crippen MR) is 57.0 cm³/mol. The van der Waals surface area contributed by atoms with Crippen molar-refractivity contribution in [2.45, 2.75) is 12.1 Å². The Bertz CT molecular complexity index is 401. The van der Waals surface area contributed by atoms with Gasteiger partial charge in [0.05, 0.1) is 5.75 Å². The summed E-state index contributed by atoms with van der Waals surface area (Å²) < 4.78 is 26.1. The topological polar surface area (TPSA) is 89.8 Å². The van der Waals surface area contributed by atoms with Crippen molar-refractivity contribution < 1.29 is 8.42 Å². The molecule has 0 aromatic carbocycles. The highest BCUT2D eigenvalue weighted by molar-refractivity contribution is 7.99. The maximum absolute atomic E-state index is 11.1. The lowest BCUT2D eigenvalue weighted by atomic mass is 10.8. The van der Waals surface area contributed by atoms with E-state index in [1.54, 1.807) is 18.7 Å². The van der Waals surface area contributed by atoms with E-state index in [1.807, 2.05) is 0 Å². The summed E-state index contributed by atoms with van der Waals surface area (Å²) in [7, 11) is -1.36. The summed E-state index contributed by atoms with van der Waals surface area (Å²) in [5.74, 6) is 0.705. The Morgan fingerprint density at radius 1 is 1.53 bits per heavy atom. The van der Waals surface area contributed by atoms with E-state index in [0.717, 1.165) is 0 Å². The average molecular weight is 251 g/mol. The molecule has 0 unspecified atom stereocenters. The van der Waals surface area contributed by atoms with Gasteiger partial charge in [0.1, 0.15) is 0 Å². The van der Waals surface area contributed by atoms with Gasteiger partial charge >= 0.3 is 0 Å². The van der Waals surface area contributed by atoms with Crippen LogP contribution in [0.4, 0.5) is 0 Å². The number of hydrogen-bond donors (Lipinski definition) is 1. The maximum Gasteiger partial charge on any atom is 0.211 e. The normalized spacial score (nSPS) is 11.9. The van der Waals surface area contributed by atoms with Crippen LogP contribution < -0.4 is 4.72 Å². The molecule has 0 radical (unpaired) electrons. The van der Waals surface area contributed by atoms with Crippen LogP contribution in [0.3, 0.4) is 0 Å². The number of aromatic nitrogens is 4. The van der Waals surface area contributed by atoms with Crippen LogP contribution in [0.2, 0.25) is 0 Å². The van der Waals surface area contributed by atoms with Crippen molar-refractivity contribution in [1.29, 1.82) is 0 Å². The molecule has 0 atom stereocenters. The quantitative estimate of drug-likeness (QED) is 0.528. The van der Waals surface area contributed by atoms with E-state index in [4.69, 9.17) is 0 Å². The number of aryl methyl sites for hydroxylation is 1. The first kappa shape index (κ1) is 12.4. The molecule has 0 bridgehead atoms. The van der Waals surface area contributed by atoms with Crippen LogP contribution in [0.1, 0.15) is 6.92 Å². The fourth-order valence-corrected chi connectivity index (χ4v) is 2.24. The summed E-state index contributed by atoms with van der Waals surface area (Å²) >= 11 is 1.40. The van der Waals surface area contributed by atoms with Crippen molar-refractivity contribution in [2.24, 2.45) is 7.05 Å². The second kappa shape index (κ2) is 5.42. The van der Waals surface area contributed by atoms with Gasteiger partial charge in [-0.2, -0.15) is 0 Å². The van der Waals surface area contributed by atoms with Crippen molar-refractivity contribution in [2.75, 3.05) is 18.1 Å². The van der Waals surface area contributed by atoms with E-state index < -0.39 is 10.0 Å². The van der Waals surface area contributed by atoms with Gasteiger partial charge in [-0.25, -0.2) is 17.8 Å². The number of nitrogens with zero attached hydrogens (tertiary/aromatic N) is 4. The van der Waals surface area contributed by atoms with Gasteiger partial charge in [0.25, 0.3) is 0 Å². The summed E-state index contributed by atoms with van der Waals surface area (Å²) in [6.45, 7) is 1.98. The Hall–Kier alpha value is -0.670. The van der Waals surface area contributed by atoms with Crippen LogP contribution in [0.25, 0.3) is 0 Å². The first-order valence-corrected chi connectivity index (χ1v) is 7.01.